The van der Waals surface area contributed by atoms with Crippen molar-refractivity contribution in [3.8, 4) is 0 Å². The Kier molecular flexibility index (Phi) is 4.61. The first kappa shape index (κ1) is 17.2. The molecule has 1 saturated carbocycles. The Morgan fingerprint density at radius 1 is 1.44 bits per heavy atom. The second-order valence-corrected chi connectivity index (χ2v) is 6.82. The van der Waals surface area contributed by atoms with E-state index in [1.165, 1.54) is 12.8 Å². The SMILES string of the molecule is C=C/C(NC1CC1)=C(\CN(C)c1cc(C)c2nnc(C)n2c1)C(C)=N. The van der Waals surface area contributed by atoms with Crippen LogP contribution < -0.4 is 10.2 Å². The van der Waals surface area contributed by atoms with Crippen LogP contribution in [0.15, 0.2) is 36.2 Å². The molecule has 2 N–H and O–H groups in total. The average molecular weight is 338 g/mol. The van der Waals surface area contributed by atoms with Gasteiger partial charge in [0.05, 0.1) is 5.69 Å². The van der Waals surface area contributed by atoms with Crippen LogP contribution in [0.2, 0.25) is 0 Å². The fourth-order valence-corrected chi connectivity index (χ4v) is 2.91. The highest BCUT2D eigenvalue weighted by atomic mass is 15.2. The van der Waals surface area contributed by atoms with Gasteiger partial charge in [-0.1, -0.05) is 6.58 Å². The number of hydrogen-bond donors (Lipinski definition) is 2. The summed E-state index contributed by atoms with van der Waals surface area (Å²) >= 11 is 0. The standard InChI is InChI=1S/C19H26N6/c1-6-18(21-15-7-8-15)17(13(3)20)11-24(5)16-9-12(2)19-23-22-14(4)25(19)10-16/h6,9-10,15,20-21H,1,7-8,11H2,2-5H3/b18-17-,20-13?. The van der Waals surface area contributed by atoms with Gasteiger partial charge in [0.15, 0.2) is 5.65 Å². The summed E-state index contributed by atoms with van der Waals surface area (Å²) < 4.78 is 2.01. The van der Waals surface area contributed by atoms with Gasteiger partial charge >= 0.3 is 0 Å². The van der Waals surface area contributed by atoms with E-state index in [2.05, 4.69) is 39.3 Å². The molecule has 1 aliphatic carbocycles. The number of nitrogens with one attached hydrogen (secondary N) is 2. The monoisotopic (exact) mass is 338 g/mol. The van der Waals surface area contributed by atoms with Gasteiger partial charge < -0.3 is 15.6 Å². The largest absolute Gasteiger partial charge is 0.382 e. The molecule has 0 atom stereocenters. The summed E-state index contributed by atoms with van der Waals surface area (Å²) in [6, 6.07) is 2.65. The minimum atomic E-state index is 0.533. The Morgan fingerprint density at radius 2 is 2.16 bits per heavy atom. The molecule has 2 heterocycles. The van der Waals surface area contributed by atoms with E-state index in [0.717, 1.165) is 34.0 Å². The predicted octanol–water partition coefficient (Wildman–Crippen LogP) is 3.01. The third-order valence-electron chi connectivity index (χ3n) is 4.60. The molecule has 0 aromatic carbocycles. The van der Waals surface area contributed by atoms with E-state index in [9.17, 15) is 0 Å². The van der Waals surface area contributed by atoms with Crippen LogP contribution >= 0.6 is 0 Å². The molecule has 0 saturated heterocycles. The number of pyridine rings is 1. The molecule has 0 aliphatic heterocycles. The summed E-state index contributed by atoms with van der Waals surface area (Å²) in [6.07, 6.45) is 6.27. The van der Waals surface area contributed by atoms with E-state index in [4.69, 9.17) is 5.41 Å². The van der Waals surface area contributed by atoms with Crippen molar-refractivity contribution in [1.29, 1.82) is 5.41 Å². The summed E-state index contributed by atoms with van der Waals surface area (Å²) in [7, 11) is 2.04. The molecule has 0 unspecified atom stereocenters. The van der Waals surface area contributed by atoms with Gasteiger partial charge in [-0.05, 0) is 51.3 Å². The zero-order valence-corrected chi connectivity index (χ0v) is 15.4. The number of allylic oxidation sites excluding steroid dienone is 1. The lowest BCUT2D eigenvalue weighted by Gasteiger charge is -2.23. The predicted molar refractivity (Wildman–Crippen MR) is 103 cm³/mol. The lowest BCUT2D eigenvalue weighted by Crippen LogP contribution is -2.27. The topological polar surface area (TPSA) is 69.3 Å². The number of likely N-dealkylation sites (N-methyl/N-ethyl adjacent to an activating group) is 1. The van der Waals surface area contributed by atoms with Gasteiger partial charge in [0.2, 0.25) is 0 Å². The Hall–Kier alpha value is -2.63. The quantitative estimate of drug-likeness (QED) is 0.601. The molecule has 25 heavy (non-hydrogen) atoms. The van der Waals surface area contributed by atoms with E-state index in [1.54, 1.807) is 0 Å². The van der Waals surface area contributed by atoms with Crippen LogP contribution in [0.4, 0.5) is 5.69 Å². The van der Waals surface area contributed by atoms with Gasteiger partial charge in [-0.3, -0.25) is 4.40 Å². The van der Waals surface area contributed by atoms with Crippen molar-refractivity contribution in [1.82, 2.24) is 19.9 Å². The zero-order chi connectivity index (χ0) is 18.1. The Morgan fingerprint density at radius 3 is 2.76 bits per heavy atom. The van der Waals surface area contributed by atoms with Crippen molar-refractivity contribution in [2.45, 2.75) is 39.7 Å². The summed E-state index contributed by atoms with van der Waals surface area (Å²) in [5.41, 5.74) is 5.55. The van der Waals surface area contributed by atoms with Crippen molar-refractivity contribution >= 4 is 17.0 Å². The molecule has 6 heteroatoms. The number of fused-ring (bicyclic) bond motifs is 1. The fraction of sp³-hybridized carbons (Fsp3) is 0.421. The van der Waals surface area contributed by atoms with Crippen molar-refractivity contribution < 1.29 is 0 Å². The van der Waals surface area contributed by atoms with Crippen molar-refractivity contribution in [2.24, 2.45) is 0 Å². The third-order valence-corrected chi connectivity index (χ3v) is 4.60. The molecule has 132 valence electrons. The minimum absolute atomic E-state index is 0.533. The van der Waals surface area contributed by atoms with E-state index in [0.29, 0.717) is 18.3 Å². The van der Waals surface area contributed by atoms with Crippen LogP contribution in [0, 0.1) is 19.3 Å². The minimum Gasteiger partial charge on any atom is -0.382 e. The maximum atomic E-state index is 8.19. The number of nitrogens with zero attached hydrogens (tertiary/aromatic N) is 4. The number of aromatic nitrogens is 3. The number of aryl methyl sites for hydroxylation is 2. The smallest absolute Gasteiger partial charge is 0.163 e. The van der Waals surface area contributed by atoms with Crippen LogP contribution in [0.25, 0.3) is 5.65 Å². The van der Waals surface area contributed by atoms with Crippen LogP contribution in [0.3, 0.4) is 0 Å². The summed E-state index contributed by atoms with van der Waals surface area (Å²) in [5, 5.41) is 20.1. The van der Waals surface area contributed by atoms with Gasteiger partial charge in [-0.15, -0.1) is 10.2 Å². The number of hydrogen-bond acceptors (Lipinski definition) is 5. The molecule has 2 aromatic rings. The molecule has 0 amide bonds. The fourth-order valence-electron chi connectivity index (χ4n) is 2.91. The van der Waals surface area contributed by atoms with Crippen molar-refractivity contribution in [3.05, 3.63) is 47.6 Å². The second-order valence-electron chi connectivity index (χ2n) is 6.82. The first-order valence-corrected chi connectivity index (χ1v) is 8.61. The Bertz CT molecular complexity index is 856. The van der Waals surface area contributed by atoms with E-state index in [-0.39, 0.29) is 0 Å². The van der Waals surface area contributed by atoms with Crippen LogP contribution in [0.5, 0.6) is 0 Å². The van der Waals surface area contributed by atoms with Crippen LogP contribution in [-0.4, -0.2) is 39.9 Å². The molecule has 1 aliphatic rings. The lowest BCUT2D eigenvalue weighted by atomic mass is 10.1. The lowest BCUT2D eigenvalue weighted by molar-refractivity contribution is 0.812. The first-order valence-electron chi connectivity index (χ1n) is 8.61. The van der Waals surface area contributed by atoms with Crippen LogP contribution in [0.1, 0.15) is 31.2 Å². The highest BCUT2D eigenvalue weighted by Gasteiger charge is 2.23. The number of rotatable bonds is 7. The molecular formula is C19H26N6. The Labute approximate surface area is 148 Å². The summed E-state index contributed by atoms with van der Waals surface area (Å²) in [4.78, 5) is 2.15. The maximum absolute atomic E-state index is 8.19. The molecule has 0 spiro atoms. The molecular weight excluding hydrogens is 312 g/mol. The molecule has 6 nitrogen and oxygen atoms in total. The third kappa shape index (κ3) is 3.57. The van der Waals surface area contributed by atoms with Crippen molar-refractivity contribution in [2.75, 3.05) is 18.5 Å². The van der Waals surface area contributed by atoms with Gasteiger partial charge in [0.25, 0.3) is 0 Å². The van der Waals surface area contributed by atoms with Gasteiger partial charge in [-0.2, -0.15) is 0 Å². The van der Waals surface area contributed by atoms with Gasteiger partial charge in [-0.25, -0.2) is 0 Å². The molecule has 2 aromatic heterocycles. The zero-order valence-electron chi connectivity index (χ0n) is 15.4. The van der Waals surface area contributed by atoms with E-state index >= 15 is 0 Å². The first-order chi connectivity index (χ1) is 11.9. The molecule has 0 bridgehead atoms. The van der Waals surface area contributed by atoms with Crippen molar-refractivity contribution in [3.63, 3.8) is 0 Å². The summed E-state index contributed by atoms with van der Waals surface area (Å²) in [5.74, 6) is 0.870. The maximum Gasteiger partial charge on any atom is 0.163 e. The van der Waals surface area contributed by atoms with E-state index in [1.807, 2.05) is 38.3 Å². The van der Waals surface area contributed by atoms with E-state index < -0.39 is 0 Å². The molecule has 3 rings (SSSR count). The Balaban J connectivity index is 1.92. The number of anilines is 1. The molecule has 1 fully saturated rings. The van der Waals surface area contributed by atoms with Crippen LogP contribution in [-0.2, 0) is 0 Å². The highest BCUT2D eigenvalue weighted by Crippen LogP contribution is 2.23. The average Bonchev–Trinajstić information content (AvgIpc) is 3.32. The second kappa shape index (κ2) is 6.70. The summed E-state index contributed by atoms with van der Waals surface area (Å²) in [6.45, 7) is 10.4. The molecule has 0 radical (unpaired) electrons. The van der Waals surface area contributed by atoms with Gasteiger partial charge in [0.1, 0.15) is 5.82 Å². The highest BCUT2D eigenvalue weighted by molar-refractivity contribution is 5.97. The normalized spacial score (nSPS) is 15.0. The van der Waals surface area contributed by atoms with Gasteiger partial charge in [0, 0.05) is 42.8 Å².